The van der Waals surface area contributed by atoms with E-state index in [-0.39, 0.29) is 68.9 Å². The summed E-state index contributed by atoms with van der Waals surface area (Å²) in [7, 11) is 0. The number of hydrogen-bond donors (Lipinski definition) is 0. The van der Waals surface area contributed by atoms with Crippen LogP contribution in [0.25, 0.3) is 21.9 Å². The molecule has 0 fully saturated rings. The van der Waals surface area contributed by atoms with Crippen molar-refractivity contribution in [2.45, 2.75) is 9.79 Å². The Labute approximate surface area is 169 Å². The van der Waals surface area contributed by atoms with Gasteiger partial charge in [0.25, 0.3) is 0 Å². The van der Waals surface area contributed by atoms with Crippen LogP contribution in [-0.4, -0.2) is 17.5 Å². The minimum atomic E-state index is -2.34. The van der Waals surface area contributed by atoms with Crippen LogP contribution in [0.15, 0.2) is 50.6 Å². The predicted molar refractivity (Wildman–Crippen MR) is 68.1 cm³/mol. The minimum Gasteiger partial charge on any atom is -0.768 e. The fourth-order valence-corrected chi connectivity index (χ4v) is 2.73. The first kappa shape index (κ1) is 19.5. The molecule has 0 aliphatic carbocycles. The van der Waals surface area contributed by atoms with E-state index in [0.717, 1.165) is 0 Å². The Kier molecular flexibility index (Phi) is 7.27. The Bertz CT molecular complexity index is 778. The Morgan fingerprint density at radius 2 is 1.14 bits per heavy atom. The third-order valence-electron chi connectivity index (χ3n) is 2.80. The van der Waals surface area contributed by atoms with E-state index in [2.05, 4.69) is 0 Å². The molecular formula is C12H6Na2O5S2. The van der Waals surface area contributed by atoms with Gasteiger partial charge in [0.1, 0.15) is 11.2 Å². The van der Waals surface area contributed by atoms with Gasteiger partial charge in [-0.1, -0.05) is 0 Å². The molecule has 2 unspecified atom stereocenters. The van der Waals surface area contributed by atoms with Gasteiger partial charge in [-0.25, -0.2) is 0 Å². The van der Waals surface area contributed by atoms with Crippen molar-refractivity contribution in [3.8, 4) is 0 Å². The maximum absolute atomic E-state index is 10.9. The summed E-state index contributed by atoms with van der Waals surface area (Å²) in [4.78, 5) is 0.257. The summed E-state index contributed by atoms with van der Waals surface area (Å²) in [5, 5.41) is 1.15. The summed E-state index contributed by atoms with van der Waals surface area (Å²) in [5.41, 5.74) is 1.02. The van der Waals surface area contributed by atoms with Crippen LogP contribution in [-0.2, 0) is 22.2 Å². The zero-order chi connectivity index (χ0) is 13.6. The Morgan fingerprint density at radius 1 is 0.762 bits per heavy atom. The van der Waals surface area contributed by atoms with Gasteiger partial charge in [-0.3, -0.25) is 8.42 Å². The van der Waals surface area contributed by atoms with Crippen LogP contribution in [0.1, 0.15) is 0 Å². The number of fused-ring (bicyclic) bond motifs is 3. The molecule has 3 rings (SSSR count). The largest absolute Gasteiger partial charge is 1.00 e. The summed E-state index contributed by atoms with van der Waals surface area (Å²) < 4.78 is 49.3. The van der Waals surface area contributed by atoms with E-state index in [1.165, 1.54) is 24.3 Å². The van der Waals surface area contributed by atoms with Gasteiger partial charge in [-0.05, 0) is 58.6 Å². The summed E-state index contributed by atoms with van der Waals surface area (Å²) in [5.74, 6) is 0. The van der Waals surface area contributed by atoms with Crippen LogP contribution >= 0.6 is 0 Å². The quantitative estimate of drug-likeness (QED) is 0.351. The first-order valence-corrected chi connectivity index (χ1v) is 7.36. The molecule has 3 aromatic rings. The minimum absolute atomic E-state index is 0. The molecule has 0 amide bonds. The van der Waals surface area contributed by atoms with Crippen molar-refractivity contribution >= 4 is 44.1 Å². The molecule has 0 bridgehead atoms. The van der Waals surface area contributed by atoms with Crippen molar-refractivity contribution in [3.05, 3.63) is 36.4 Å². The van der Waals surface area contributed by atoms with Gasteiger partial charge in [-0.2, -0.15) is 0 Å². The fraction of sp³-hybridized carbons (Fsp3) is 0. The summed E-state index contributed by atoms with van der Waals surface area (Å²) >= 11 is -4.68. The maximum atomic E-state index is 10.9. The standard InChI is InChI=1S/C12H8O5S2.2Na/c13-18(14)7-1-3-11-9(5-7)10-6-8(19(15)16)2-4-12(10)17-11;;/h1-6H,(H,13,14)(H,15,16);;/q;2*+1/p-2. The maximum Gasteiger partial charge on any atom is 1.00 e. The average molecular weight is 340 g/mol. The van der Waals surface area contributed by atoms with Gasteiger partial charge in [0.15, 0.2) is 0 Å². The van der Waals surface area contributed by atoms with E-state index in [4.69, 9.17) is 4.42 Å². The zero-order valence-electron chi connectivity index (χ0n) is 11.3. The molecule has 2 atom stereocenters. The van der Waals surface area contributed by atoms with Crippen molar-refractivity contribution in [3.63, 3.8) is 0 Å². The molecule has 21 heavy (non-hydrogen) atoms. The molecule has 1 heterocycles. The molecule has 98 valence electrons. The van der Waals surface area contributed by atoms with Gasteiger partial charge in [0, 0.05) is 20.6 Å². The van der Waals surface area contributed by atoms with Crippen molar-refractivity contribution < 1.29 is 81.1 Å². The number of rotatable bonds is 2. The van der Waals surface area contributed by atoms with Gasteiger partial charge in [0.05, 0.1) is 0 Å². The summed E-state index contributed by atoms with van der Waals surface area (Å²) in [6, 6.07) is 8.88. The van der Waals surface area contributed by atoms with Crippen LogP contribution in [0, 0.1) is 0 Å². The van der Waals surface area contributed by atoms with Crippen molar-refractivity contribution in [1.82, 2.24) is 0 Å². The average Bonchev–Trinajstić information content (AvgIpc) is 2.75. The second-order valence-corrected chi connectivity index (χ2v) is 5.77. The molecule has 0 aliphatic rings. The first-order valence-electron chi connectivity index (χ1n) is 5.21. The second kappa shape index (κ2) is 7.83. The van der Waals surface area contributed by atoms with E-state index in [0.29, 0.717) is 21.9 Å². The van der Waals surface area contributed by atoms with E-state index >= 15 is 0 Å². The molecule has 0 spiro atoms. The van der Waals surface area contributed by atoms with E-state index < -0.39 is 22.2 Å². The van der Waals surface area contributed by atoms with Gasteiger partial charge in [0.2, 0.25) is 0 Å². The molecule has 0 radical (unpaired) electrons. The Morgan fingerprint density at radius 3 is 1.48 bits per heavy atom. The molecule has 5 nitrogen and oxygen atoms in total. The number of benzene rings is 2. The van der Waals surface area contributed by atoms with Crippen LogP contribution in [0.5, 0.6) is 0 Å². The van der Waals surface area contributed by atoms with E-state index in [1.807, 2.05) is 0 Å². The van der Waals surface area contributed by atoms with Gasteiger partial charge in [-0.15, -0.1) is 0 Å². The topological polar surface area (TPSA) is 93.4 Å². The SMILES string of the molecule is O=S([O-])c1ccc2oc3ccc(S(=O)[O-])cc3c2c1.[Na+].[Na+]. The molecule has 1 aromatic heterocycles. The zero-order valence-corrected chi connectivity index (χ0v) is 17.0. The van der Waals surface area contributed by atoms with Crippen molar-refractivity contribution in [1.29, 1.82) is 0 Å². The van der Waals surface area contributed by atoms with Gasteiger partial charge >= 0.3 is 59.1 Å². The Balaban J connectivity index is 0.00000110. The van der Waals surface area contributed by atoms with Crippen molar-refractivity contribution in [2.75, 3.05) is 0 Å². The van der Waals surface area contributed by atoms with Crippen LogP contribution in [0.2, 0.25) is 0 Å². The van der Waals surface area contributed by atoms with E-state index in [9.17, 15) is 17.5 Å². The predicted octanol–water partition coefficient (Wildman–Crippen LogP) is -3.93. The summed E-state index contributed by atoms with van der Waals surface area (Å²) in [6.07, 6.45) is 0. The molecule has 0 saturated carbocycles. The molecule has 2 aromatic carbocycles. The molecule has 0 aliphatic heterocycles. The van der Waals surface area contributed by atoms with Crippen LogP contribution in [0.3, 0.4) is 0 Å². The number of furan rings is 1. The molecular weight excluding hydrogens is 334 g/mol. The van der Waals surface area contributed by atoms with E-state index in [1.54, 1.807) is 12.1 Å². The number of hydrogen-bond acceptors (Lipinski definition) is 5. The third kappa shape index (κ3) is 3.87. The molecule has 0 saturated heterocycles. The van der Waals surface area contributed by atoms with Crippen LogP contribution in [0.4, 0.5) is 0 Å². The van der Waals surface area contributed by atoms with Crippen LogP contribution < -0.4 is 59.1 Å². The summed E-state index contributed by atoms with van der Waals surface area (Å²) in [6.45, 7) is 0. The van der Waals surface area contributed by atoms with Crippen molar-refractivity contribution in [2.24, 2.45) is 0 Å². The second-order valence-electron chi connectivity index (χ2n) is 3.89. The Hall–Kier alpha value is 0.460. The molecule has 9 heteroatoms. The molecule has 0 N–H and O–H groups in total. The van der Waals surface area contributed by atoms with Gasteiger partial charge < -0.3 is 13.5 Å². The fourth-order valence-electron chi connectivity index (χ4n) is 1.94. The third-order valence-corrected chi connectivity index (χ3v) is 4.07. The monoisotopic (exact) mass is 340 g/mol. The smallest absolute Gasteiger partial charge is 0.768 e. The normalized spacial score (nSPS) is 13.4. The first-order chi connectivity index (χ1) is 9.06.